The molecule has 0 aliphatic rings. The summed E-state index contributed by atoms with van der Waals surface area (Å²) in [5.74, 6) is 0. The highest BCUT2D eigenvalue weighted by Crippen LogP contribution is 2.17. The largest absolute Gasteiger partial charge is 0.308 e. The minimum Gasteiger partial charge on any atom is -0.308 e. The van der Waals surface area contributed by atoms with Gasteiger partial charge in [0.05, 0.1) is 0 Å². The SMILES string of the molecule is ClC(Cl)(CNCc1ccccc1)NCc1ccccc1. The topological polar surface area (TPSA) is 24.1 Å². The van der Waals surface area contributed by atoms with Crippen molar-refractivity contribution in [2.45, 2.75) is 17.5 Å². The number of alkyl halides is 2. The first-order valence-corrected chi connectivity index (χ1v) is 7.33. The Kier molecular flexibility index (Phi) is 5.86. The number of halogens is 2. The van der Waals surface area contributed by atoms with E-state index in [0.717, 1.165) is 12.1 Å². The Morgan fingerprint density at radius 3 is 1.80 bits per heavy atom. The summed E-state index contributed by atoms with van der Waals surface area (Å²) >= 11 is 12.5. The maximum Gasteiger partial charge on any atom is 0.181 e. The van der Waals surface area contributed by atoms with Crippen LogP contribution in [0.25, 0.3) is 0 Å². The molecule has 106 valence electrons. The molecule has 0 bridgehead atoms. The van der Waals surface area contributed by atoms with Crippen molar-refractivity contribution in [1.29, 1.82) is 0 Å². The lowest BCUT2D eigenvalue weighted by Crippen LogP contribution is -2.42. The second-order valence-electron chi connectivity index (χ2n) is 4.63. The van der Waals surface area contributed by atoms with E-state index in [1.54, 1.807) is 0 Å². The van der Waals surface area contributed by atoms with Crippen LogP contribution in [0.5, 0.6) is 0 Å². The molecule has 2 aromatic carbocycles. The van der Waals surface area contributed by atoms with Crippen molar-refractivity contribution in [2.24, 2.45) is 0 Å². The van der Waals surface area contributed by atoms with E-state index >= 15 is 0 Å². The van der Waals surface area contributed by atoms with Crippen molar-refractivity contribution in [2.75, 3.05) is 6.54 Å². The summed E-state index contributed by atoms with van der Waals surface area (Å²) in [4.78, 5) is 0. The lowest BCUT2D eigenvalue weighted by Gasteiger charge is -2.22. The minimum atomic E-state index is -0.982. The van der Waals surface area contributed by atoms with E-state index in [-0.39, 0.29) is 0 Å². The van der Waals surface area contributed by atoms with Crippen LogP contribution in [0.15, 0.2) is 60.7 Å². The molecule has 0 fully saturated rings. The average molecular weight is 309 g/mol. The predicted octanol–water partition coefficient (Wildman–Crippen LogP) is 3.70. The van der Waals surface area contributed by atoms with Gasteiger partial charge in [0.15, 0.2) is 4.46 Å². The molecule has 0 aliphatic heterocycles. The molecule has 0 radical (unpaired) electrons. The van der Waals surface area contributed by atoms with Crippen molar-refractivity contribution in [1.82, 2.24) is 10.6 Å². The van der Waals surface area contributed by atoms with Crippen molar-refractivity contribution in [3.63, 3.8) is 0 Å². The van der Waals surface area contributed by atoms with Crippen molar-refractivity contribution in [3.8, 4) is 0 Å². The van der Waals surface area contributed by atoms with Gasteiger partial charge < -0.3 is 5.32 Å². The van der Waals surface area contributed by atoms with Crippen LogP contribution in [0.4, 0.5) is 0 Å². The molecule has 20 heavy (non-hydrogen) atoms. The number of hydrogen-bond donors (Lipinski definition) is 2. The van der Waals surface area contributed by atoms with E-state index in [1.807, 2.05) is 48.5 Å². The van der Waals surface area contributed by atoms with E-state index in [4.69, 9.17) is 23.2 Å². The molecule has 0 saturated carbocycles. The summed E-state index contributed by atoms with van der Waals surface area (Å²) in [6, 6.07) is 20.2. The molecular weight excluding hydrogens is 291 g/mol. The van der Waals surface area contributed by atoms with Crippen LogP contribution in [0.1, 0.15) is 11.1 Å². The van der Waals surface area contributed by atoms with E-state index in [9.17, 15) is 0 Å². The van der Waals surface area contributed by atoms with Gasteiger partial charge in [-0.2, -0.15) is 0 Å². The van der Waals surface area contributed by atoms with Crippen LogP contribution in [-0.4, -0.2) is 11.0 Å². The summed E-state index contributed by atoms with van der Waals surface area (Å²) in [7, 11) is 0. The fourth-order valence-corrected chi connectivity index (χ4v) is 2.17. The summed E-state index contributed by atoms with van der Waals surface area (Å²) in [6.07, 6.45) is 0. The molecule has 0 saturated heterocycles. The second-order valence-corrected chi connectivity index (χ2v) is 6.12. The summed E-state index contributed by atoms with van der Waals surface area (Å²) in [5.41, 5.74) is 2.36. The molecule has 0 atom stereocenters. The molecule has 0 unspecified atom stereocenters. The standard InChI is InChI=1S/C16H18Cl2N2/c17-16(18,20-12-15-9-5-2-6-10-15)13-19-11-14-7-3-1-4-8-14/h1-10,19-20H,11-13H2. The van der Waals surface area contributed by atoms with Crippen molar-refractivity contribution in [3.05, 3.63) is 71.8 Å². The lowest BCUT2D eigenvalue weighted by molar-refractivity contribution is 0.532. The Balaban J connectivity index is 1.73. The Labute approximate surface area is 130 Å². The number of nitrogens with one attached hydrogen (secondary N) is 2. The van der Waals surface area contributed by atoms with Crippen LogP contribution in [-0.2, 0) is 13.1 Å². The summed E-state index contributed by atoms with van der Waals surface area (Å²) in [6.45, 7) is 1.85. The Hall–Kier alpha value is -1.06. The van der Waals surface area contributed by atoms with Crippen LogP contribution < -0.4 is 10.6 Å². The molecule has 2 aromatic rings. The van der Waals surface area contributed by atoms with Gasteiger partial charge in [0.25, 0.3) is 0 Å². The van der Waals surface area contributed by atoms with Gasteiger partial charge in [-0.15, -0.1) is 0 Å². The summed E-state index contributed by atoms with van der Waals surface area (Å²) < 4.78 is -0.982. The van der Waals surface area contributed by atoms with Gasteiger partial charge in [-0.3, -0.25) is 5.32 Å². The third kappa shape index (κ3) is 5.51. The normalized spacial score (nSPS) is 11.5. The number of rotatable bonds is 7. The van der Waals surface area contributed by atoms with E-state index in [0.29, 0.717) is 13.1 Å². The highest BCUT2D eigenvalue weighted by Gasteiger charge is 2.22. The van der Waals surface area contributed by atoms with Gasteiger partial charge in [-0.1, -0.05) is 83.9 Å². The molecule has 0 spiro atoms. The summed E-state index contributed by atoms with van der Waals surface area (Å²) in [5, 5.41) is 6.38. The van der Waals surface area contributed by atoms with Crippen LogP contribution in [0, 0.1) is 0 Å². The predicted molar refractivity (Wildman–Crippen MR) is 85.9 cm³/mol. The van der Waals surface area contributed by atoms with E-state index < -0.39 is 4.46 Å². The van der Waals surface area contributed by atoms with Crippen LogP contribution in [0.3, 0.4) is 0 Å². The molecule has 0 aliphatic carbocycles. The maximum atomic E-state index is 6.24. The minimum absolute atomic E-state index is 0.470. The molecular formula is C16H18Cl2N2. The molecule has 0 amide bonds. The first-order chi connectivity index (χ1) is 9.66. The Bertz CT molecular complexity index is 500. The number of hydrogen-bond acceptors (Lipinski definition) is 2. The molecule has 0 aromatic heterocycles. The van der Waals surface area contributed by atoms with Crippen molar-refractivity contribution >= 4 is 23.2 Å². The van der Waals surface area contributed by atoms with Crippen LogP contribution >= 0.6 is 23.2 Å². The second kappa shape index (κ2) is 7.65. The quantitative estimate of drug-likeness (QED) is 0.602. The highest BCUT2D eigenvalue weighted by molar-refractivity contribution is 6.48. The van der Waals surface area contributed by atoms with Gasteiger partial charge in [0, 0.05) is 19.6 Å². The molecule has 0 heterocycles. The van der Waals surface area contributed by atoms with Gasteiger partial charge in [0.1, 0.15) is 0 Å². The fourth-order valence-electron chi connectivity index (χ4n) is 1.85. The average Bonchev–Trinajstić information content (AvgIpc) is 2.47. The van der Waals surface area contributed by atoms with Crippen molar-refractivity contribution < 1.29 is 0 Å². The zero-order chi connectivity index (χ0) is 14.3. The smallest absolute Gasteiger partial charge is 0.181 e. The van der Waals surface area contributed by atoms with E-state index in [2.05, 4.69) is 22.8 Å². The first-order valence-electron chi connectivity index (χ1n) is 6.57. The third-order valence-electron chi connectivity index (χ3n) is 2.91. The monoisotopic (exact) mass is 308 g/mol. The lowest BCUT2D eigenvalue weighted by atomic mass is 10.2. The number of benzene rings is 2. The fraction of sp³-hybridized carbons (Fsp3) is 0.250. The zero-order valence-electron chi connectivity index (χ0n) is 11.2. The Morgan fingerprint density at radius 2 is 1.25 bits per heavy atom. The third-order valence-corrected chi connectivity index (χ3v) is 3.45. The zero-order valence-corrected chi connectivity index (χ0v) is 12.7. The van der Waals surface area contributed by atoms with Crippen LogP contribution in [0.2, 0.25) is 0 Å². The molecule has 4 heteroatoms. The van der Waals surface area contributed by atoms with E-state index in [1.165, 1.54) is 5.56 Å². The molecule has 2 nitrogen and oxygen atoms in total. The maximum absolute atomic E-state index is 6.24. The molecule has 2 N–H and O–H groups in total. The Morgan fingerprint density at radius 1 is 0.750 bits per heavy atom. The highest BCUT2D eigenvalue weighted by atomic mass is 35.5. The van der Waals surface area contributed by atoms with Gasteiger partial charge in [-0.25, -0.2) is 0 Å². The van der Waals surface area contributed by atoms with Gasteiger partial charge >= 0.3 is 0 Å². The molecule has 2 rings (SSSR count). The van der Waals surface area contributed by atoms with Gasteiger partial charge in [0.2, 0.25) is 0 Å². The first kappa shape index (κ1) is 15.3. The van der Waals surface area contributed by atoms with Gasteiger partial charge in [-0.05, 0) is 11.1 Å².